The van der Waals surface area contributed by atoms with Crippen LogP contribution in [0.4, 0.5) is 11.4 Å². The van der Waals surface area contributed by atoms with Crippen LogP contribution in [-0.4, -0.2) is 30.1 Å². The predicted molar refractivity (Wildman–Crippen MR) is 71.1 cm³/mol. The summed E-state index contributed by atoms with van der Waals surface area (Å²) >= 11 is 1.69. The molecule has 1 rings (SSSR count). The molecule has 0 heterocycles. The molecule has 17 heavy (non-hydrogen) atoms. The molecule has 1 aromatic rings. The molecule has 1 N–H and O–H groups in total. The number of nitrogens with zero attached hydrogens (tertiary/aromatic N) is 1. The van der Waals surface area contributed by atoms with E-state index in [1.165, 1.54) is 13.2 Å². The quantitative estimate of drug-likeness (QED) is 0.626. The van der Waals surface area contributed by atoms with Crippen molar-refractivity contribution in [3.8, 4) is 5.75 Å². The maximum Gasteiger partial charge on any atom is 0.296 e. The minimum absolute atomic E-state index is 0.0392. The van der Waals surface area contributed by atoms with E-state index in [1.807, 2.05) is 13.2 Å². The number of anilines is 1. The van der Waals surface area contributed by atoms with Crippen molar-refractivity contribution < 1.29 is 9.66 Å². The van der Waals surface area contributed by atoms with Crippen molar-refractivity contribution in [3.05, 3.63) is 28.3 Å². The maximum absolute atomic E-state index is 10.9. The molecule has 6 heteroatoms. The lowest BCUT2D eigenvalue weighted by Crippen LogP contribution is -2.18. The van der Waals surface area contributed by atoms with Gasteiger partial charge in [-0.1, -0.05) is 0 Å². The number of rotatable bonds is 6. The van der Waals surface area contributed by atoms with E-state index < -0.39 is 4.92 Å². The van der Waals surface area contributed by atoms with Gasteiger partial charge in [0.1, 0.15) is 11.4 Å². The fourth-order valence-electron chi connectivity index (χ4n) is 1.47. The Bertz CT molecular complexity index is 398. The van der Waals surface area contributed by atoms with Gasteiger partial charge in [0.2, 0.25) is 0 Å². The third-order valence-electron chi connectivity index (χ3n) is 2.22. The van der Waals surface area contributed by atoms with Gasteiger partial charge in [-0.2, -0.15) is 11.8 Å². The number of ether oxygens (including phenoxy) is 1. The number of thioether (sulfide) groups is 1. The Morgan fingerprint density at radius 1 is 1.59 bits per heavy atom. The summed E-state index contributed by atoms with van der Waals surface area (Å²) in [5.74, 6) is 1.38. The van der Waals surface area contributed by atoms with Crippen molar-refractivity contribution in [1.82, 2.24) is 0 Å². The minimum atomic E-state index is -0.406. The van der Waals surface area contributed by atoms with Gasteiger partial charge < -0.3 is 10.1 Å². The molecule has 1 atom stereocenters. The van der Waals surface area contributed by atoms with E-state index in [0.29, 0.717) is 11.4 Å². The van der Waals surface area contributed by atoms with Crippen LogP contribution in [0.2, 0.25) is 0 Å². The number of nitro benzene ring substituents is 1. The lowest BCUT2D eigenvalue weighted by Gasteiger charge is -2.14. The molecule has 0 amide bonds. The molecule has 1 unspecified atom stereocenters. The summed E-state index contributed by atoms with van der Waals surface area (Å²) in [6.45, 7) is 1.99. The van der Waals surface area contributed by atoms with Gasteiger partial charge >= 0.3 is 0 Å². The summed E-state index contributed by atoms with van der Waals surface area (Å²) in [6, 6.07) is 4.99. The topological polar surface area (TPSA) is 64.4 Å². The molecule has 0 spiro atoms. The summed E-state index contributed by atoms with van der Waals surface area (Å²) in [5.41, 5.74) is 0.564. The molecular formula is C11H16N2O3S. The van der Waals surface area contributed by atoms with E-state index >= 15 is 0 Å². The highest BCUT2D eigenvalue weighted by Crippen LogP contribution is 2.29. The van der Waals surface area contributed by atoms with E-state index in [-0.39, 0.29) is 11.7 Å². The zero-order valence-electron chi connectivity index (χ0n) is 10.1. The molecule has 0 radical (unpaired) electrons. The van der Waals surface area contributed by atoms with Crippen LogP contribution in [0.25, 0.3) is 0 Å². The number of nitro groups is 1. The molecule has 0 aliphatic heterocycles. The van der Waals surface area contributed by atoms with Gasteiger partial charge in [-0.15, -0.1) is 0 Å². The first kappa shape index (κ1) is 13.6. The van der Waals surface area contributed by atoms with Gasteiger partial charge in [0.15, 0.2) is 0 Å². The number of nitrogens with one attached hydrogen (secondary N) is 1. The van der Waals surface area contributed by atoms with Crippen LogP contribution >= 0.6 is 11.8 Å². The summed E-state index contributed by atoms with van der Waals surface area (Å²) in [4.78, 5) is 10.5. The summed E-state index contributed by atoms with van der Waals surface area (Å²) in [6.07, 6.45) is 2.00. The predicted octanol–water partition coefficient (Wildman–Crippen LogP) is 2.77. The molecule has 1 aromatic carbocycles. The van der Waals surface area contributed by atoms with Gasteiger partial charge in [-0.05, 0) is 25.3 Å². The second-order valence-electron chi connectivity index (χ2n) is 3.64. The number of hydrogen-bond donors (Lipinski definition) is 1. The SMILES string of the molecule is COc1ccc(NC(C)CSC)c([N+](=O)[O-])c1. The van der Waals surface area contributed by atoms with E-state index in [4.69, 9.17) is 4.74 Å². The van der Waals surface area contributed by atoms with Crippen LogP contribution in [0, 0.1) is 10.1 Å². The van der Waals surface area contributed by atoms with Crippen LogP contribution in [-0.2, 0) is 0 Å². The van der Waals surface area contributed by atoms with Gasteiger partial charge in [0.25, 0.3) is 5.69 Å². The van der Waals surface area contributed by atoms with Crippen LogP contribution in [0.15, 0.2) is 18.2 Å². The molecule has 94 valence electrons. The first-order valence-electron chi connectivity index (χ1n) is 5.16. The first-order valence-corrected chi connectivity index (χ1v) is 6.55. The standard InChI is InChI=1S/C11H16N2O3S/c1-8(7-17-3)12-10-5-4-9(16-2)6-11(10)13(14)15/h4-6,8,12H,7H2,1-3H3. The second kappa shape index (κ2) is 6.34. The Morgan fingerprint density at radius 2 is 2.29 bits per heavy atom. The molecule has 0 saturated carbocycles. The average molecular weight is 256 g/mol. The zero-order chi connectivity index (χ0) is 12.8. The average Bonchev–Trinajstić information content (AvgIpc) is 2.29. The van der Waals surface area contributed by atoms with E-state index in [9.17, 15) is 10.1 Å². The normalized spacial score (nSPS) is 11.9. The van der Waals surface area contributed by atoms with Crippen LogP contribution in [0.3, 0.4) is 0 Å². The van der Waals surface area contributed by atoms with Crippen molar-refractivity contribution in [2.75, 3.05) is 24.4 Å². The molecule has 0 aromatic heterocycles. The Balaban J connectivity index is 2.94. The van der Waals surface area contributed by atoms with Gasteiger partial charge in [-0.25, -0.2) is 0 Å². The Hall–Kier alpha value is -1.43. The molecule has 0 aliphatic carbocycles. The molecule has 0 aliphatic rings. The summed E-state index contributed by atoms with van der Waals surface area (Å²) in [7, 11) is 1.49. The summed E-state index contributed by atoms with van der Waals surface area (Å²) in [5, 5.41) is 14.1. The number of hydrogen-bond acceptors (Lipinski definition) is 5. The first-order chi connectivity index (χ1) is 8.08. The highest BCUT2D eigenvalue weighted by atomic mass is 32.2. The highest BCUT2D eigenvalue weighted by molar-refractivity contribution is 7.98. The monoisotopic (exact) mass is 256 g/mol. The lowest BCUT2D eigenvalue weighted by atomic mass is 10.2. The Labute approximate surface area is 105 Å². The van der Waals surface area contributed by atoms with Gasteiger partial charge in [0.05, 0.1) is 18.1 Å². The second-order valence-corrected chi connectivity index (χ2v) is 4.55. The lowest BCUT2D eigenvalue weighted by molar-refractivity contribution is -0.384. The molecular weight excluding hydrogens is 240 g/mol. The minimum Gasteiger partial charge on any atom is -0.496 e. The third-order valence-corrected chi connectivity index (χ3v) is 3.05. The van der Waals surface area contributed by atoms with Crippen molar-refractivity contribution in [1.29, 1.82) is 0 Å². The van der Waals surface area contributed by atoms with Crippen molar-refractivity contribution in [3.63, 3.8) is 0 Å². The fourth-order valence-corrected chi connectivity index (χ4v) is 2.05. The molecule has 0 fully saturated rings. The van der Waals surface area contributed by atoms with Gasteiger partial charge in [0, 0.05) is 11.8 Å². The van der Waals surface area contributed by atoms with Crippen molar-refractivity contribution in [2.24, 2.45) is 0 Å². The largest absolute Gasteiger partial charge is 0.496 e. The zero-order valence-corrected chi connectivity index (χ0v) is 10.9. The van der Waals surface area contributed by atoms with Gasteiger partial charge in [-0.3, -0.25) is 10.1 Å². The van der Waals surface area contributed by atoms with Crippen molar-refractivity contribution >= 4 is 23.1 Å². The van der Waals surface area contributed by atoms with E-state index in [2.05, 4.69) is 5.32 Å². The number of benzene rings is 1. The third kappa shape index (κ3) is 3.81. The van der Waals surface area contributed by atoms with E-state index in [1.54, 1.807) is 23.9 Å². The van der Waals surface area contributed by atoms with Crippen molar-refractivity contribution in [2.45, 2.75) is 13.0 Å². The number of methoxy groups -OCH3 is 1. The molecule has 5 nitrogen and oxygen atoms in total. The van der Waals surface area contributed by atoms with E-state index in [0.717, 1.165) is 5.75 Å². The van der Waals surface area contributed by atoms with Crippen LogP contribution in [0.1, 0.15) is 6.92 Å². The smallest absolute Gasteiger partial charge is 0.296 e. The highest BCUT2D eigenvalue weighted by Gasteiger charge is 2.16. The maximum atomic E-state index is 10.9. The molecule has 0 bridgehead atoms. The summed E-state index contributed by atoms with van der Waals surface area (Å²) < 4.78 is 4.98. The molecule has 0 saturated heterocycles. The van der Waals surface area contributed by atoms with Crippen LogP contribution < -0.4 is 10.1 Å². The Morgan fingerprint density at radius 3 is 2.82 bits per heavy atom. The van der Waals surface area contributed by atoms with Crippen LogP contribution in [0.5, 0.6) is 5.75 Å². The fraction of sp³-hybridized carbons (Fsp3) is 0.455. The Kier molecular flexibility index (Phi) is 5.09.